The number of carbonyl (C=O) groups excluding carboxylic acids is 3. The van der Waals surface area contributed by atoms with E-state index in [0.29, 0.717) is 40.9 Å². The molecule has 0 spiro atoms. The van der Waals surface area contributed by atoms with Crippen LogP contribution in [0.3, 0.4) is 0 Å². The third kappa shape index (κ3) is 5.61. The van der Waals surface area contributed by atoms with Gasteiger partial charge in [0.2, 0.25) is 0 Å². The van der Waals surface area contributed by atoms with Crippen molar-refractivity contribution >= 4 is 35.0 Å². The van der Waals surface area contributed by atoms with E-state index in [1.807, 2.05) is 6.92 Å². The molecule has 1 saturated carbocycles. The van der Waals surface area contributed by atoms with Gasteiger partial charge in [-0.2, -0.15) is 0 Å². The Morgan fingerprint density at radius 2 is 2.00 bits per heavy atom. The molecule has 7 heteroatoms. The predicted octanol–water partition coefficient (Wildman–Crippen LogP) is 4.68. The number of benzene rings is 1. The molecular weight excluding hydrogens is 378 g/mol. The molecule has 2 amide bonds. The molecule has 3 rings (SSSR count). The highest BCUT2D eigenvalue weighted by Gasteiger charge is 2.25. The summed E-state index contributed by atoms with van der Waals surface area (Å²) >= 11 is 0.858. The molecule has 1 aromatic carbocycles. The molecule has 1 aliphatic carbocycles. The Morgan fingerprint density at radius 3 is 2.68 bits per heavy atom. The van der Waals surface area contributed by atoms with E-state index >= 15 is 0 Å². The second-order valence-corrected chi connectivity index (χ2v) is 8.02. The number of esters is 1. The van der Waals surface area contributed by atoms with Crippen molar-refractivity contribution in [3.8, 4) is 11.5 Å². The highest BCUT2D eigenvalue weighted by atomic mass is 32.2. The molecule has 1 aromatic rings. The summed E-state index contributed by atoms with van der Waals surface area (Å²) in [5.74, 6) is 0.773. The van der Waals surface area contributed by atoms with Gasteiger partial charge in [-0.3, -0.25) is 19.7 Å². The van der Waals surface area contributed by atoms with Crippen LogP contribution in [0.1, 0.15) is 57.4 Å². The van der Waals surface area contributed by atoms with Crippen LogP contribution in [-0.4, -0.2) is 23.7 Å². The highest BCUT2D eigenvalue weighted by molar-refractivity contribution is 8.18. The fourth-order valence-electron chi connectivity index (χ4n) is 3.51. The van der Waals surface area contributed by atoms with Gasteiger partial charge >= 0.3 is 5.97 Å². The average molecular weight is 404 g/mol. The molecular formula is C21H25NO5S. The summed E-state index contributed by atoms with van der Waals surface area (Å²) < 4.78 is 11.1. The third-order valence-electron chi connectivity index (χ3n) is 4.91. The van der Waals surface area contributed by atoms with Crippen molar-refractivity contribution in [1.29, 1.82) is 0 Å². The fraction of sp³-hybridized carbons (Fsp3) is 0.476. The van der Waals surface area contributed by atoms with Crippen LogP contribution in [0.25, 0.3) is 6.08 Å². The number of nitrogens with one attached hydrogen (secondary N) is 1. The quantitative estimate of drug-likeness (QED) is 0.405. The van der Waals surface area contributed by atoms with E-state index in [0.717, 1.165) is 18.2 Å². The first-order chi connectivity index (χ1) is 13.5. The van der Waals surface area contributed by atoms with E-state index in [4.69, 9.17) is 9.47 Å². The van der Waals surface area contributed by atoms with Crippen LogP contribution in [0.5, 0.6) is 11.5 Å². The molecule has 0 aromatic heterocycles. The van der Waals surface area contributed by atoms with E-state index in [1.165, 1.54) is 32.1 Å². The standard InChI is InChI=1S/C21H25NO5S/c1-2-26-17-12-15(13-18-20(24)22-21(25)28-18)8-10-16(17)27-19(23)11-9-14-6-4-3-5-7-14/h8,10,12-14H,2-7,9,11H2,1H3,(H,22,24,25)/b18-13-. The number of ether oxygens (including phenoxy) is 2. The van der Waals surface area contributed by atoms with Gasteiger partial charge in [0, 0.05) is 6.42 Å². The van der Waals surface area contributed by atoms with E-state index in [-0.39, 0.29) is 11.2 Å². The minimum absolute atomic E-state index is 0.256. The maximum atomic E-state index is 12.3. The Hall–Kier alpha value is -2.28. The number of amides is 2. The van der Waals surface area contributed by atoms with Crippen molar-refractivity contribution in [3.63, 3.8) is 0 Å². The van der Waals surface area contributed by atoms with Crippen molar-refractivity contribution in [1.82, 2.24) is 5.32 Å². The van der Waals surface area contributed by atoms with Crippen molar-refractivity contribution in [2.45, 2.75) is 51.9 Å². The van der Waals surface area contributed by atoms with Crippen molar-refractivity contribution in [2.24, 2.45) is 5.92 Å². The Kier molecular flexibility index (Phi) is 7.14. The van der Waals surface area contributed by atoms with Gasteiger partial charge in [0.05, 0.1) is 11.5 Å². The van der Waals surface area contributed by atoms with Gasteiger partial charge in [-0.1, -0.05) is 38.2 Å². The zero-order chi connectivity index (χ0) is 19.9. The molecule has 1 N–H and O–H groups in total. The first-order valence-corrected chi connectivity index (χ1v) is 10.6. The summed E-state index contributed by atoms with van der Waals surface area (Å²) in [5.41, 5.74) is 0.692. The molecule has 1 saturated heterocycles. The van der Waals surface area contributed by atoms with Gasteiger partial charge in [-0.25, -0.2) is 0 Å². The summed E-state index contributed by atoms with van der Waals surface area (Å²) in [6, 6.07) is 5.10. The zero-order valence-electron chi connectivity index (χ0n) is 16.0. The third-order valence-corrected chi connectivity index (χ3v) is 5.72. The van der Waals surface area contributed by atoms with Crippen LogP contribution in [0, 0.1) is 5.92 Å². The minimum atomic E-state index is -0.411. The average Bonchev–Trinajstić information content (AvgIpc) is 3.00. The molecule has 2 aliphatic rings. The van der Waals surface area contributed by atoms with Crippen LogP contribution in [-0.2, 0) is 9.59 Å². The molecule has 150 valence electrons. The van der Waals surface area contributed by atoms with Crippen LogP contribution in [0.2, 0.25) is 0 Å². The lowest BCUT2D eigenvalue weighted by Crippen LogP contribution is -2.17. The van der Waals surface area contributed by atoms with E-state index < -0.39 is 5.91 Å². The lowest BCUT2D eigenvalue weighted by Gasteiger charge is -2.20. The molecule has 0 bridgehead atoms. The number of hydrogen-bond acceptors (Lipinski definition) is 6. The van der Waals surface area contributed by atoms with Gasteiger partial charge in [0.1, 0.15) is 0 Å². The van der Waals surface area contributed by atoms with Gasteiger partial charge in [0.15, 0.2) is 11.5 Å². The molecule has 0 unspecified atom stereocenters. The first-order valence-electron chi connectivity index (χ1n) is 9.77. The smallest absolute Gasteiger partial charge is 0.311 e. The van der Waals surface area contributed by atoms with Crippen LogP contribution in [0.4, 0.5) is 4.79 Å². The van der Waals surface area contributed by atoms with Crippen LogP contribution < -0.4 is 14.8 Å². The van der Waals surface area contributed by atoms with E-state index in [2.05, 4.69) is 5.32 Å². The summed E-state index contributed by atoms with van der Waals surface area (Å²) in [6.07, 6.45) is 9.11. The number of hydrogen-bond donors (Lipinski definition) is 1. The van der Waals surface area contributed by atoms with Gasteiger partial charge in [0.25, 0.3) is 11.1 Å². The SMILES string of the molecule is CCOc1cc(/C=C2\SC(=O)NC2=O)ccc1OC(=O)CCC1CCCCC1. The van der Waals surface area contributed by atoms with Gasteiger partial charge in [-0.05, 0) is 54.8 Å². The molecule has 28 heavy (non-hydrogen) atoms. The first kappa shape index (κ1) is 20.5. The molecule has 1 aliphatic heterocycles. The number of thioether (sulfide) groups is 1. The molecule has 1 heterocycles. The van der Waals surface area contributed by atoms with Gasteiger partial charge < -0.3 is 9.47 Å². The van der Waals surface area contributed by atoms with Crippen LogP contribution in [0.15, 0.2) is 23.1 Å². The molecule has 2 fully saturated rings. The molecule has 0 atom stereocenters. The normalized spacial score (nSPS) is 19.0. The van der Waals surface area contributed by atoms with Crippen molar-refractivity contribution in [2.75, 3.05) is 6.61 Å². The second-order valence-electron chi connectivity index (χ2n) is 7.01. The van der Waals surface area contributed by atoms with Crippen molar-refractivity contribution < 1.29 is 23.9 Å². The topological polar surface area (TPSA) is 81.7 Å². The maximum Gasteiger partial charge on any atom is 0.311 e. The van der Waals surface area contributed by atoms with E-state index in [9.17, 15) is 14.4 Å². The second kappa shape index (κ2) is 9.78. The lowest BCUT2D eigenvalue weighted by atomic mass is 9.86. The number of rotatable bonds is 7. The zero-order valence-corrected chi connectivity index (χ0v) is 16.8. The predicted molar refractivity (Wildman–Crippen MR) is 108 cm³/mol. The summed E-state index contributed by atoms with van der Waals surface area (Å²) in [7, 11) is 0. The number of carbonyl (C=O) groups is 3. The Balaban J connectivity index is 1.65. The minimum Gasteiger partial charge on any atom is -0.490 e. The molecule has 6 nitrogen and oxygen atoms in total. The summed E-state index contributed by atoms with van der Waals surface area (Å²) in [5, 5.41) is 1.84. The monoisotopic (exact) mass is 403 g/mol. The van der Waals surface area contributed by atoms with E-state index in [1.54, 1.807) is 24.3 Å². The van der Waals surface area contributed by atoms with Crippen LogP contribution >= 0.6 is 11.8 Å². The highest BCUT2D eigenvalue weighted by Crippen LogP contribution is 2.33. The lowest BCUT2D eigenvalue weighted by molar-refractivity contribution is -0.134. The fourth-order valence-corrected chi connectivity index (χ4v) is 4.19. The maximum absolute atomic E-state index is 12.3. The number of imide groups is 1. The summed E-state index contributed by atoms with van der Waals surface area (Å²) in [6.45, 7) is 2.26. The van der Waals surface area contributed by atoms with Crippen molar-refractivity contribution in [3.05, 3.63) is 28.7 Å². The largest absolute Gasteiger partial charge is 0.490 e. The molecule has 0 radical (unpaired) electrons. The Morgan fingerprint density at radius 1 is 1.21 bits per heavy atom. The Bertz CT molecular complexity index is 783. The summed E-state index contributed by atoms with van der Waals surface area (Å²) in [4.78, 5) is 35.6. The van der Waals surface area contributed by atoms with Gasteiger partial charge in [-0.15, -0.1) is 0 Å². The Labute approximate surface area is 169 Å².